The van der Waals surface area contributed by atoms with E-state index < -0.39 is 15.5 Å². The second-order valence-corrected chi connectivity index (χ2v) is 2.62. The van der Waals surface area contributed by atoms with Crippen LogP contribution in [0.15, 0.2) is 23.9 Å². The Bertz CT molecular complexity index is 306. The third-order valence-corrected chi connectivity index (χ3v) is 1.70. The molecule has 0 spiro atoms. The normalized spacial score (nSPS) is 19.2. The first-order valence-corrected chi connectivity index (χ1v) is 3.43. The average molecular weight is 185 g/mol. The van der Waals surface area contributed by atoms with Crippen molar-refractivity contribution in [2.45, 2.75) is 12.1 Å². The van der Waals surface area contributed by atoms with E-state index in [-0.39, 0.29) is 5.70 Å². The van der Waals surface area contributed by atoms with Gasteiger partial charge in [-0.15, -0.1) is 0 Å². The number of rotatable bonds is 2. The molecule has 0 aromatic carbocycles. The molecule has 1 aliphatic carbocycles. The summed E-state index contributed by atoms with van der Waals surface area (Å²) in [5.41, 5.74) is 3.05. The fourth-order valence-electron chi connectivity index (χ4n) is 1.04. The number of nitrogens with two attached hydrogens (primary N) is 1. The van der Waals surface area contributed by atoms with Crippen molar-refractivity contribution in [3.63, 3.8) is 0 Å². The lowest BCUT2D eigenvalue weighted by atomic mass is 10.0. The summed E-state index contributed by atoms with van der Waals surface area (Å²) >= 11 is 0. The second kappa shape index (κ2) is 2.85. The number of nitrogens with zero attached hydrogens (tertiary/aromatic N) is 2. The zero-order valence-corrected chi connectivity index (χ0v) is 6.54. The topological polar surface area (TPSA) is 112 Å². The van der Waals surface area contributed by atoms with Crippen LogP contribution in [0.3, 0.4) is 0 Å². The maximum Gasteiger partial charge on any atom is 0.498 e. The molecule has 7 nitrogen and oxygen atoms in total. The van der Waals surface area contributed by atoms with Gasteiger partial charge in [-0.3, -0.25) is 20.2 Å². The summed E-state index contributed by atoms with van der Waals surface area (Å²) in [6, 6.07) is 0. The zero-order valence-electron chi connectivity index (χ0n) is 6.54. The largest absolute Gasteiger partial charge is 0.498 e. The average Bonchev–Trinajstić information content (AvgIpc) is 2.03. The first kappa shape index (κ1) is 9.17. The van der Waals surface area contributed by atoms with Gasteiger partial charge in [0.25, 0.3) is 0 Å². The minimum Gasteiger partial charge on any atom is -0.402 e. The Hall–Kier alpha value is -1.92. The van der Waals surface area contributed by atoms with Crippen LogP contribution in [0.25, 0.3) is 0 Å². The molecule has 1 rings (SSSR count). The molecule has 1 aliphatic rings. The van der Waals surface area contributed by atoms with E-state index in [2.05, 4.69) is 0 Å². The smallest absolute Gasteiger partial charge is 0.402 e. The highest BCUT2D eigenvalue weighted by Gasteiger charge is 2.52. The van der Waals surface area contributed by atoms with Crippen LogP contribution < -0.4 is 5.73 Å². The molecule has 0 radical (unpaired) electrons. The summed E-state index contributed by atoms with van der Waals surface area (Å²) in [6.45, 7) is 0. The van der Waals surface area contributed by atoms with Crippen molar-refractivity contribution < 1.29 is 9.85 Å². The Morgan fingerprint density at radius 2 is 1.92 bits per heavy atom. The summed E-state index contributed by atoms with van der Waals surface area (Å²) in [6.07, 6.45) is 3.42. The fourth-order valence-corrected chi connectivity index (χ4v) is 1.04. The summed E-state index contributed by atoms with van der Waals surface area (Å²) < 4.78 is 0. The Morgan fingerprint density at radius 1 is 1.38 bits per heavy atom. The molecule has 0 atom stereocenters. The van der Waals surface area contributed by atoms with Gasteiger partial charge in [0.1, 0.15) is 9.85 Å². The molecule has 13 heavy (non-hydrogen) atoms. The quantitative estimate of drug-likeness (QED) is 0.282. The second-order valence-electron chi connectivity index (χ2n) is 2.62. The third-order valence-electron chi connectivity index (χ3n) is 1.70. The molecule has 0 amide bonds. The molecule has 0 aliphatic heterocycles. The van der Waals surface area contributed by atoms with Crippen molar-refractivity contribution in [2.24, 2.45) is 5.73 Å². The van der Waals surface area contributed by atoms with E-state index >= 15 is 0 Å². The Kier molecular flexibility index (Phi) is 2.01. The molecule has 0 aromatic rings. The van der Waals surface area contributed by atoms with E-state index in [0.717, 1.165) is 12.2 Å². The van der Waals surface area contributed by atoms with Crippen LogP contribution in [0, 0.1) is 20.2 Å². The maximum absolute atomic E-state index is 10.5. The van der Waals surface area contributed by atoms with Crippen LogP contribution in [0.1, 0.15) is 6.42 Å². The molecule has 0 fully saturated rings. The van der Waals surface area contributed by atoms with Gasteiger partial charge in [-0.05, 0) is 0 Å². The lowest BCUT2D eigenvalue weighted by Crippen LogP contribution is -2.44. The molecular weight excluding hydrogens is 178 g/mol. The Morgan fingerprint density at radius 3 is 2.23 bits per heavy atom. The monoisotopic (exact) mass is 185 g/mol. The molecule has 70 valence electrons. The lowest BCUT2D eigenvalue weighted by Gasteiger charge is -2.13. The predicted molar refractivity (Wildman–Crippen MR) is 42.7 cm³/mol. The van der Waals surface area contributed by atoms with E-state index in [0.29, 0.717) is 6.42 Å². The van der Waals surface area contributed by atoms with Crippen molar-refractivity contribution in [1.82, 2.24) is 0 Å². The van der Waals surface area contributed by atoms with Crippen molar-refractivity contribution >= 4 is 0 Å². The highest BCUT2D eigenvalue weighted by atomic mass is 16.7. The predicted octanol–water partition coefficient (Wildman–Crippen LogP) is 0.0386. The number of allylic oxidation sites excluding steroid dienone is 1. The molecule has 0 bridgehead atoms. The van der Waals surface area contributed by atoms with Gasteiger partial charge in [0.2, 0.25) is 0 Å². The van der Waals surface area contributed by atoms with E-state index in [4.69, 9.17) is 5.73 Å². The van der Waals surface area contributed by atoms with Gasteiger partial charge in [0, 0.05) is 12.1 Å². The van der Waals surface area contributed by atoms with Gasteiger partial charge < -0.3 is 5.73 Å². The summed E-state index contributed by atoms with van der Waals surface area (Å²) in [5, 5.41) is 21.0. The van der Waals surface area contributed by atoms with Crippen molar-refractivity contribution in [2.75, 3.05) is 0 Å². The highest BCUT2D eigenvalue weighted by Crippen LogP contribution is 2.21. The molecular formula is C6H7N3O4. The maximum atomic E-state index is 10.5. The summed E-state index contributed by atoms with van der Waals surface area (Å²) in [7, 11) is 0. The van der Waals surface area contributed by atoms with Gasteiger partial charge in [0.05, 0.1) is 12.2 Å². The van der Waals surface area contributed by atoms with Gasteiger partial charge >= 0.3 is 5.66 Å². The molecule has 0 saturated heterocycles. The van der Waals surface area contributed by atoms with Crippen molar-refractivity contribution in [3.8, 4) is 0 Å². The van der Waals surface area contributed by atoms with E-state index in [1.807, 2.05) is 0 Å². The van der Waals surface area contributed by atoms with Crippen molar-refractivity contribution in [3.05, 3.63) is 44.2 Å². The van der Waals surface area contributed by atoms with Crippen molar-refractivity contribution in [1.29, 1.82) is 0 Å². The van der Waals surface area contributed by atoms with Crippen LogP contribution in [0.4, 0.5) is 0 Å². The molecule has 0 heterocycles. The van der Waals surface area contributed by atoms with Crippen LogP contribution in [-0.2, 0) is 0 Å². The molecule has 0 unspecified atom stereocenters. The minimum absolute atomic E-state index is 0.135. The summed E-state index contributed by atoms with van der Waals surface area (Å²) in [4.78, 5) is 19.0. The van der Waals surface area contributed by atoms with Gasteiger partial charge in [-0.2, -0.15) is 0 Å². The minimum atomic E-state index is -2.37. The highest BCUT2D eigenvalue weighted by molar-refractivity contribution is 5.20. The van der Waals surface area contributed by atoms with Crippen LogP contribution in [-0.4, -0.2) is 15.5 Å². The van der Waals surface area contributed by atoms with Gasteiger partial charge in [-0.1, -0.05) is 6.08 Å². The number of hydrogen-bond donors (Lipinski definition) is 1. The fraction of sp³-hybridized carbons (Fsp3) is 0.333. The van der Waals surface area contributed by atoms with Crippen LogP contribution in [0.5, 0.6) is 0 Å². The van der Waals surface area contributed by atoms with Gasteiger partial charge in [0.15, 0.2) is 0 Å². The zero-order chi connectivity index (χ0) is 10.1. The molecule has 2 N–H and O–H groups in total. The van der Waals surface area contributed by atoms with E-state index in [1.54, 1.807) is 0 Å². The van der Waals surface area contributed by atoms with Crippen LogP contribution in [0.2, 0.25) is 0 Å². The Balaban J connectivity index is 3.19. The van der Waals surface area contributed by atoms with Gasteiger partial charge in [-0.25, -0.2) is 0 Å². The molecule has 0 saturated carbocycles. The lowest BCUT2D eigenvalue weighted by molar-refractivity contribution is -0.765. The van der Waals surface area contributed by atoms with E-state index in [9.17, 15) is 20.2 Å². The third kappa shape index (κ3) is 1.35. The molecule has 7 heteroatoms. The van der Waals surface area contributed by atoms with E-state index in [1.165, 1.54) is 6.08 Å². The number of hydrogen-bond acceptors (Lipinski definition) is 5. The van der Waals surface area contributed by atoms with Crippen LogP contribution >= 0.6 is 0 Å². The molecule has 0 aromatic heterocycles. The standard InChI is InChI=1S/C6H7N3O4/c7-5-2-1-3-6(4-5,8(10)11)9(12)13/h1,3-4H,2,7H2. The first-order valence-electron chi connectivity index (χ1n) is 3.43. The first-order chi connectivity index (χ1) is 5.99. The summed E-state index contributed by atoms with van der Waals surface area (Å²) in [5.74, 6) is 0. The number of nitro groups is 2. The SMILES string of the molecule is NC1=CC([N+](=O)[O-])([N+](=O)[O-])C=CC1. The Labute approximate surface area is 72.8 Å².